The second-order valence-electron chi connectivity index (χ2n) is 4.59. The highest BCUT2D eigenvalue weighted by Gasteiger charge is 2.37. The molecule has 0 aromatic heterocycles. The van der Waals surface area contributed by atoms with Crippen LogP contribution in [0.25, 0.3) is 0 Å². The molecule has 0 fully saturated rings. The Morgan fingerprint density at radius 3 is 2.62 bits per heavy atom. The molecule has 1 heterocycles. The molecule has 16 heavy (non-hydrogen) atoms. The van der Waals surface area contributed by atoms with Crippen LogP contribution < -0.4 is 4.74 Å². The van der Waals surface area contributed by atoms with E-state index < -0.39 is 0 Å². The van der Waals surface area contributed by atoms with Crippen LogP contribution in [-0.4, -0.2) is 11.4 Å². The van der Waals surface area contributed by atoms with Crippen molar-refractivity contribution in [1.29, 1.82) is 0 Å². The van der Waals surface area contributed by atoms with E-state index in [2.05, 4.69) is 13.8 Å². The van der Waals surface area contributed by atoms with Gasteiger partial charge in [0.05, 0.1) is 12.0 Å². The van der Waals surface area contributed by atoms with Crippen molar-refractivity contribution in [3.8, 4) is 5.75 Å². The molecule has 0 amide bonds. The highest BCUT2D eigenvalue weighted by atomic mass is 16.5. The van der Waals surface area contributed by atoms with Crippen LogP contribution in [0.1, 0.15) is 49.0 Å². The van der Waals surface area contributed by atoms with Gasteiger partial charge in [0.1, 0.15) is 11.4 Å². The average molecular weight is 218 g/mol. The summed E-state index contributed by atoms with van der Waals surface area (Å²) in [4.78, 5) is 12.1. The largest absolute Gasteiger partial charge is 0.486 e. The third-order valence-electron chi connectivity index (χ3n) is 3.53. The van der Waals surface area contributed by atoms with Crippen LogP contribution in [0.2, 0.25) is 0 Å². The number of rotatable bonds is 2. The monoisotopic (exact) mass is 218 g/mol. The van der Waals surface area contributed by atoms with Gasteiger partial charge in [0.25, 0.3) is 0 Å². The number of carbonyl (C=O) groups excluding carboxylic acids is 1. The Bertz CT molecular complexity index is 417. The summed E-state index contributed by atoms with van der Waals surface area (Å²) >= 11 is 0. The van der Waals surface area contributed by atoms with E-state index in [0.29, 0.717) is 6.42 Å². The second-order valence-corrected chi connectivity index (χ2v) is 4.59. The molecule has 2 nitrogen and oxygen atoms in total. The van der Waals surface area contributed by atoms with Crippen LogP contribution in [0.5, 0.6) is 5.75 Å². The lowest BCUT2D eigenvalue weighted by Gasteiger charge is -2.36. The molecule has 2 heteroatoms. The van der Waals surface area contributed by atoms with Gasteiger partial charge in [0, 0.05) is 0 Å². The number of Topliss-reactive ketones (excluding diaryl/α,β-unsaturated/α-hetero) is 1. The molecule has 1 aliphatic rings. The van der Waals surface area contributed by atoms with Crippen molar-refractivity contribution in [1.82, 2.24) is 0 Å². The van der Waals surface area contributed by atoms with Gasteiger partial charge in [0.2, 0.25) is 0 Å². The zero-order chi connectivity index (χ0) is 11.8. The van der Waals surface area contributed by atoms with Crippen LogP contribution in [-0.2, 0) is 0 Å². The quantitative estimate of drug-likeness (QED) is 0.759. The van der Waals surface area contributed by atoms with Gasteiger partial charge in [-0.3, -0.25) is 4.79 Å². The minimum Gasteiger partial charge on any atom is -0.486 e. The Morgan fingerprint density at radius 1 is 1.31 bits per heavy atom. The van der Waals surface area contributed by atoms with Gasteiger partial charge in [-0.25, -0.2) is 0 Å². The summed E-state index contributed by atoms with van der Waals surface area (Å²) in [6.07, 6.45) is 2.27. The van der Waals surface area contributed by atoms with Crippen LogP contribution in [0.4, 0.5) is 0 Å². The second kappa shape index (κ2) is 3.93. The fourth-order valence-electron chi connectivity index (χ4n) is 2.25. The van der Waals surface area contributed by atoms with Gasteiger partial charge in [-0.2, -0.15) is 0 Å². The summed E-state index contributed by atoms with van der Waals surface area (Å²) in [6.45, 7) is 6.15. The third kappa shape index (κ3) is 1.73. The van der Waals surface area contributed by atoms with Crippen molar-refractivity contribution in [2.75, 3.05) is 0 Å². The summed E-state index contributed by atoms with van der Waals surface area (Å²) in [6, 6.07) is 5.84. The first kappa shape index (κ1) is 11.2. The first-order valence-electron chi connectivity index (χ1n) is 5.93. The number of benzene rings is 1. The number of hydrogen-bond acceptors (Lipinski definition) is 2. The molecule has 1 aliphatic heterocycles. The van der Waals surface area contributed by atoms with Crippen molar-refractivity contribution in [3.05, 3.63) is 29.3 Å². The van der Waals surface area contributed by atoms with Crippen molar-refractivity contribution >= 4 is 5.78 Å². The smallest absolute Gasteiger partial charge is 0.170 e. The lowest BCUT2D eigenvalue weighted by Crippen LogP contribution is -2.40. The van der Waals surface area contributed by atoms with Crippen molar-refractivity contribution in [2.45, 2.75) is 45.6 Å². The standard InChI is InChI=1S/C14H18O2/c1-4-14(5-2)9-12(15)11-8-10(3)6-7-13(11)16-14/h6-8H,4-5,9H2,1-3H3. The summed E-state index contributed by atoms with van der Waals surface area (Å²) in [5, 5.41) is 0. The van der Waals surface area contributed by atoms with Gasteiger partial charge in [0.15, 0.2) is 5.78 Å². The maximum absolute atomic E-state index is 12.1. The van der Waals surface area contributed by atoms with E-state index in [9.17, 15) is 4.79 Å². The van der Waals surface area contributed by atoms with Crippen LogP contribution >= 0.6 is 0 Å². The molecule has 2 rings (SSSR count). The van der Waals surface area contributed by atoms with E-state index in [-0.39, 0.29) is 11.4 Å². The van der Waals surface area contributed by atoms with Gasteiger partial charge in [-0.1, -0.05) is 25.5 Å². The minimum atomic E-state index is -0.278. The van der Waals surface area contributed by atoms with Gasteiger partial charge in [-0.05, 0) is 31.9 Å². The predicted molar refractivity (Wildman–Crippen MR) is 64.1 cm³/mol. The van der Waals surface area contributed by atoms with Crippen LogP contribution in [0, 0.1) is 6.92 Å². The molecule has 1 aromatic rings. The van der Waals surface area contributed by atoms with Crippen LogP contribution in [0.15, 0.2) is 18.2 Å². The molecule has 0 unspecified atom stereocenters. The van der Waals surface area contributed by atoms with Crippen molar-refractivity contribution < 1.29 is 9.53 Å². The zero-order valence-corrected chi connectivity index (χ0v) is 10.2. The van der Waals surface area contributed by atoms with Crippen molar-refractivity contribution in [2.24, 2.45) is 0 Å². The molecule has 0 radical (unpaired) electrons. The Balaban J connectivity index is 2.44. The van der Waals surface area contributed by atoms with E-state index in [1.807, 2.05) is 25.1 Å². The maximum Gasteiger partial charge on any atom is 0.170 e. The Morgan fingerprint density at radius 2 is 2.00 bits per heavy atom. The predicted octanol–water partition coefficient (Wildman–Crippen LogP) is 3.52. The molecule has 0 saturated carbocycles. The lowest BCUT2D eigenvalue weighted by molar-refractivity contribution is 0.0349. The molecule has 0 saturated heterocycles. The number of carbonyl (C=O) groups is 1. The van der Waals surface area contributed by atoms with Crippen LogP contribution in [0.3, 0.4) is 0 Å². The van der Waals surface area contributed by atoms with E-state index in [4.69, 9.17) is 4.74 Å². The normalized spacial score (nSPS) is 17.8. The molecule has 0 atom stereocenters. The molecule has 1 aromatic carbocycles. The number of aryl methyl sites for hydroxylation is 1. The third-order valence-corrected chi connectivity index (χ3v) is 3.53. The van der Waals surface area contributed by atoms with E-state index in [1.54, 1.807) is 0 Å². The van der Waals surface area contributed by atoms with Gasteiger partial charge < -0.3 is 4.74 Å². The maximum atomic E-state index is 12.1. The Hall–Kier alpha value is -1.31. The van der Waals surface area contributed by atoms with E-state index in [1.165, 1.54) is 0 Å². The summed E-state index contributed by atoms with van der Waals surface area (Å²) in [5.74, 6) is 0.971. The number of fused-ring (bicyclic) bond motifs is 1. The topological polar surface area (TPSA) is 26.3 Å². The summed E-state index contributed by atoms with van der Waals surface area (Å²) in [5.41, 5.74) is 1.58. The van der Waals surface area contributed by atoms with Gasteiger partial charge >= 0.3 is 0 Å². The molecular formula is C14H18O2. The first-order valence-corrected chi connectivity index (χ1v) is 5.93. The Labute approximate surface area is 96.6 Å². The average Bonchev–Trinajstić information content (AvgIpc) is 2.30. The number of hydrogen-bond donors (Lipinski definition) is 0. The van der Waals surface area contributed by atoms with Crippen molar-refractivity contribution in [3.63, 3.8) is 0 Å². The number of ketones is 1. The molecule has 0 N–H and O–H groups in total. The fourth-order valence-corrected chi connectivity index (χ4v) is 2.25. The summed E-state index contributed by atoms with van der Waals surface area (Å²) < 4.78 is 6.02. The fraction of sp³-hybridized carbons (Fsp3) is 0.500. The molecule has 0 aliphatic carbocycles. The van der Waals surface area contributed by atoms with E-state index >= 15 is 0 Å². The lowest BCUT2D eigenvalue weighted by atomic mass is 9.85. The molecule has 86 valence electrons. The molecular weight excluding hydrogens is 200 g/mol. The number of ether oxygens (including phenoxy) is 1. The van der Waals surface area contributed by atoms with E-state index in [0.717, 1.165) is 29.7 Å². The SMILES string of the molecule is CCC1(CC)CC(=O)c2cc(C)ccc2O1. The highest BCUT2D eigenvalue weighted by molar-refractivity contribution is 6.00. The zero-order valence-electron chi connectivity index (χ0n) is 10.2. The molecule has 0 bridgehead atoms. The van der Waals surface area contributed by atoms with Gasteiger partial charge in [-0.15, -0.1) is 0 Å². The highest BCUT2D eigenvalue weighted by Crippen LogP contribution is 2.37. The minimum absolute atomic E-state index is 0.216. The Kier molecular flexibility index (Phi) is 2.75. The molecule has 0 spiro atoms. The first-order chi connectivity index (χ1) is 7.60. The summed E-state index contributed by atoms with van der Waals surface area (Å²) in [7, 11) is 0.